The summed E-state index contributed by atoms with van der Waals surface area (Å²) in [6.07, 6.45) is 5.16. The number of piperidine rings is 1. The molecule has 0 radical (unpaired) electrons. The highest BCUT2D eigenvalue weighted by Gasteiger charge is 2.44. The lowest BCUT2D eigenvalue weighted by atomic mass is 9.92. The number of likely N-dealkylation sites (tertiary alicyclic amines) is 1. The van der Waals surface area contributed by atoms with Crippen LogP contribution in [0.1, 0.15) is 39.0 Å². The Balaban J connectivity index is 1.78. The number of ketones is 1. The average molecular weight is 220 g/mol. The third-order valence-electron chi connectivity index (χ3n) is 4.13. The molecule has 16 heavy (non-hydrogen) atoms. The SMILES string of the molecule is CC(=O)C1CCN(CC2(CC#N)CC2)CC1. The van der Waals surface area contributed by atoms with Crippen LogP contribution in [0.15, 0.2) is 0 Å². The lowest BCUT2D eigenvalue weighted by Crippen LogP contribution is -2.39. The van der Waals surface area contributed by atoms with Gasteiger partial charge in [-0.1, -0.05) is 0 Å². The minimum absolute atomic E-state index is 0.294. The molecule has 3 nitrogen and oxygen atoms in total. The molecule has 1 heterocycles. The average Bonchev–Trinajstić information content (AvgIpc) is 2.99. The van der Waals surface area contributed by atoms with Gasteiger partial charge in [-0.05, 0) is 51.1 Å². The van der Waals surface area contributed by atoms with Gasteiger partial charge >= 0.3 is 0 Å². The number of nitrogens with zero attached hydrogens (tertiary/aromatic N) is 2. The summed E-state index contributed by atoms with van der Waals surface area (Å²) < 4.78 is 0. The predicted octanol–water partition coefficient (Wildman–Crippen LogP) is 1.98. The highest BCUT2D eigenvalue weighted by molar-refractivity contribution is 5.78. The number of carbonyl (C=O) groups is 1. The van der Waals surface area contributed by atoms with Gasteiger partial charge in [-0.25, -0.2) is 0 Å². The Kier molecular flexibility index (Phi) is 3.30. The van der Waals surface area contributed by atoms with E-state index in [0.717, 1.165) is 32.5 Å². The van der Waals surface area contributed by atoms with Crippen molar-refractivity contribution in [2.24, 2.45) is 11.3 Å². The highest BCUT2D eigenvalue weighted by Crippen LogP contribution is 2.49. The van der Waals surface area contributed by atoms with Crippen molar-refractivity contribution in [3.63, 3.8) is 0 Å². The summed E-state index contributed by atoms with van der Waals surface area (Å²) in [5, 5.41) is 8.77. The largest absolute Gasteiger partial charge is 0.303 e. The van der Waals surface area contributed by atoms with Gasteiger partial charge in [0.05, 0.1) is 6.07 Å². The molecule has 0 aromatic heterocycles. The molecule has 1 saturated heterocycles. The molecule has 1 saturated carbocycles. The first kappa shape index (κ1) is 11.6. The van der Waals surface area contributed by atoms with Gasteiger partial charge in [-0.15, -0.1) is 0 Å². The van der Waals surface area contributed by atoms with Gasteiger partial charge in [0, 0.05) is 18.9 Å². The summed E-state index contributed by atoms with van der Waals surface area (Å²) in [5.41, 5.74) is 0.317. The van der Waals surface area contributed by atoms with E-state index in [2.05, 4.69) is 11.0 Å². The maximum absolute atomic E-state index is 11.2. The van der Waals surface area contributed by atoms with E-state index >= 15 is 0 Å². The second-order valence-electron chi connectivity index (χ2n) is 5.50. The van der Waals surface area contributed by atoms with Gasteiger partial charge in [-0.3, -0.25) is 4.79 Å². The first-order chi connectivity index (χ1) is 7.65. The number of carbonyl (C=O) groups excluding carboxylic acids is 1. The third kappa shape index (κ3) is 2.62. The molecule has 0 atom stereocenters. The van der Waals surface area contributed by atoms with E-state index in [1.54, 1.807) is 6.92 Å². The number of hydrogen-bond donors (Lipinski definition) is 0. The molecule has 2 fully saturated rings. The fourth-order valence-corrected chi connectivity index (χ4v) is 2.71. The molecule has 2 aliphatic rings. The van der Waals surface area contributed by atoms with Crippen LogP contribution in [-0.2, 0) is 4.79 Å². The van der Waals surface area contributed by atoms with Crippen molar-refractivity contribution in [2.45, 2.75) is 39.0 Å². The monoisotopic (exact) mass is 220 g/mol. The van der Waals surface area contributed by atoms with Crippen LogP contribution in [-0.4, -0.2) is 30.3 Å². The first-order valence-corrected chi connectivity index (χ1v) is 6.25. The van der Waals surface area contributed by atoms with Crippen molar-refractivity contribution < 1.29 is 4.79 Å². The highest BCUT2D eigenvalue weighted by atomic mass is 16.1. The Labute approximate surface area is 97.4 Å². The topological polar surface area (TPSA) is 44.1 Å². The zero-order chi connectivity index (χ0) is 11.6. The van der Waals surface area contributed by atoms with E-state index in [1.165, 1.54) is 12.8 Å². The normalized spacial score (nSPS) is 25.0. The van der Waals surface area contributed by atoms with Crippen molar-refractivity contribution in [1.29, 1.82) is 5.26 Å². The van der Waals surface area contributed by atoms with Crippen LogP contribution in [0.2, 0.25) is 0 Å². The summed E-state index contributed by atoms with van der Waals surface area (Å²) >= 11 is 0. The Bertz CT molecular complexity index is 306. The van der Waals surface area contributed by atoms with Crippen molar-refractivity contribution in [1.82, 2.24) is 4.90 Å². The zero-order valence-corrected chi connectivity index (χ0v) is 10.0. The maximum atomic E-state index is 11.2. The van der Waals surface area contributed by atoms with Gasteiger partial charge in [0.15, 0.2) is 0 Å². The molecule has 0 aromatic carbocycles. The van der Waals surface area contributed by atoms with Crippen molar-refractivity contribution in [3.8, 4) is 6.07 Å². The number of rotatable bonds is 4. The summed E-state index contributed by atoms with van der Waals surface area (Å²) in [5.74, 6) is 0.639. The molecule has 1 aliphatic heterocycles. The number of nitriles is 1. The molecule has 88 valence electrons. The molecular formula is C13H20N2O. The van der Waals surface area contributed by atoms with Gasteiger partial charge < -0.3 is 4.90 Å². The molecule has 0 aromatic rings. The van der Waals surface area contributed by atoms with Gasteiger partial charge in [0.2, 0.25) is 0 Å². The van der Waals surface area contributed by atoms with Crippen LogP contribution < -0.4 is 0 Å². The van der Waals surface area contributed by atoms with E-state index < -0.39 is 0 Å². The van der Waals surface area contributed by atoms with Crippen LogP contribution in [0.5, 0.6) is 0 Å². The van der Waals surface area contributed by atoms with Crippen LogP contribution >= 0.6 is 0 Å². The Morgan fingerprint density at radius 2 is 2.06 bits per heavy atom. The van der Waals surface area contributed by atoms with Crippen LogP contribution in [0.3, 0.4) is 0 Å². The van der Waals surface area contributed by atoms with Gasteiger partial charge in [0.1, 0.15) is 5.78 Å². The summed E-state index contributed by atoms with van der Waals surface area (Å²) in [4.78, 5) is 13.7. The summed E-state index contributed by atoms with van der Waals surface area (Å²) in [6, 6.07) is 2.31. The van der Waals surface area contributed by atoms with Crippen LogP contribution in [0.25, 0.3) is 0 Å². The molecule has 3 heteroatoms. The van der Waals surface area contributed by atoms with E-state index in [9.17, 15) is 4.79 Å². The second kappa shape index (κ2) is 4.55. The minimum atomic E-state index is 0.294. The van der Waals surface area contributed by atoms with Crippen LogP contribution in [0, 0.1) is 22.7 Å². The number of Topliss-reactive ketones (excluding diaryl/α,β-unsaturated/α-hetero) is 1. The smallest absolute Gasteiger partial charge is 0.133 e. The lowest BCUT2D eigenvalue weighted by molar-refractivity contribution is -0.122. The van der Waals surface area contributed by atoms with Crippen molar-refractivity contribution in [3.05, 3.63) is 0 Å². The van der Waals surface area contributed by atoms with E-state index in [4.69, 9.17) is 5.26 Å². The Morgan fingerprint density at radius 1 is 1.44 bits per heavy atom. The first-order valence-electron chi connectivity index (χ1n) is 6.25. The van der Waals surface area contributed by atoms with Crippen molar-refractivity contribution in [2.75, 3.05) is 19.6 Å². The van der Waals surface area contributed by atoms with E-state index in [1.807, 2.05) is 0 Å². The van der Waals surface area contributed by atoms with Gasteiger partial charge in [0.25, 0.3) is 0 Å². The Hall–Kier alpha value is -0.880. The summed E-state index contributed by atoms with van der Waals surface area (Å²) in [7, 11) is 0. The fourth-order valence-electron chi connectivity index (χ4n) is 2.71. The molecule has 0 bridgehead atoms. The third-order valence-corrected chi connectivity index (χ3v) is 4.13. The molecule has 0 spiro atoms. The molecule has 0 amide bonds. The predicted molar refractivity (Wildman–Crippen MR) is 61.7 cm³/mol. The standard InChI is InChI=1S/C13H20N2O/c1-11(16)12-2-8-15(9-3-12)10-13(4-5-13)6-7-14/h12H,2-6,8-10H2,1H3. The van der Waals surface area contributed by atoms with E-state index in [0.29, 0.717) is 23.5 Å². The zero-order valence-electron chi connectivity index (χ0n) is 10.0. The second-order valence-corrected chi connectivity index (χ2v) is 5.50. The van der Waals surface area contributed by atoms with Crippen molar-refractivity contribution >= 4 is 5.78 Å². The number of hydrogen-bond acceptors (Lipinski definition) is 3. The lowest BCUT2D eigenvalue weighted by Gasteiger charge is -2.33. The minimum Gasteiger partial charge on any atom is -0.303 e. The summed E-state index contributed by atoms with van der Waals surface area (Å²) in [6.45, 7) is 4.86. The van der Waals surface area contributed by atoms with E-state index in [-0.39, 0.29) is 0 Å². The maximum Gasteiger partial charge on any atom is 0.133 e. The van der Waals surface area contributed by atoms with Crippen LogP contribution in [0.4, 0.5) is 0 Å². The Morgan fingerprint density at radius 3 is 2.50 bits per heavy atom. The molecule has 0 N–H and O–H groups in total. The molecular weight excluding hydrogens is 200 g/mol. The quantitative estimate of drug-likeness (QED) is 0.727. The molecule has 2 rings (SSSR count). The van der Waals surface area contributed by atoms with Gasteiger partial charge in [-0.2, -0.15) is 5.26 Å². The molecule has 1 aliphatic carbocycles. The molecule has 0 unspecified atom stereocenters. The fraction of sp³-hybridized carbons (Fsp3) is 0.846.